The number of carbonyl (C=O) groups is 1. The van der Waals surface area contributed by atoms with E-state index in [-0.39, 0.29) is 17.4 Å². The molecular weight excluding hydrogens is 385 g/mol. The van der Waals surface area contributed by atoms with Crippen LogP contribution in [0, 0.1) is 5.82 Å². The van der Waals surface area contributed by atoms with Gasteiger partial charge in [0.1, 0.15) is 23.9 Å². The molecule has 1 aromatic heterocycles. The zero-order valence-electron chi connectivity index (χ0n) is 16.5. The Morgan fingerprint density at radius 1 is 1.27 bits per heavy atom. The molecule has 1 aliphatic heterocycles. The highest BCUT2D eigenvalue weighted by molar-refractivity contribution is 5.87. The molecule has 0 unspecified atom stereocenters. The molecule has 6 nitrogen and oxygen atoms in total. The number of halogens is 1. The van der Waals surface area contributed by atoms with Crippen molar-refractivity contribution < 1.29 is 19.0 Å². The number of aromatic nitrogens is 1. The summed E-state index contributed by atoms with van der Waals surface area (Å²) in [6, 6.07) is 15.0. The first-order chi connectivity index (χ1) is 14.5. The largest absolute Gasteiger partial charge is 0.489 e. The number of anilines is 2. The number of aromatic carboxylic acids is 1. The number of nitrogens with one attached hydrogen (secondary N) is 1. The lowest BCUT2D eigenvalue weighted by Gasteiger charge is -2.33. The molecule has 0 spiro atoms. The van der Waals surface area contributed by atoms with Crippen LogP contribution in [0.1, 0.15) is 34.5 Å². The number of rotatable bonds is 6. The molecule has 4 rings (SSSR count). The summed E-state index contributed by atoms with van der Waals surface area (Å²) >= 11 is 0. The topological polar surface area (TPSA) is 74.7 Å². The minimum atomic E-state index is -0.953. The lowest BCUT2D eigenvalue weighted by molar-refractivity contribution is 0.0697. The van der Waals surface area contributed by atoms with Crippen molar-refractivity contribution in [3.8, 4) is 5.75 Å². The highest BCUT2D eigenvalue weighted by Gasteiger charge is 2.24. The van der Waals surface area contributed by atoms with Crippen molar-refractivity contribution in [1.82, 2.24) is 4.98 Å². The van der Waals surface area contributed by atoms with Crippen LogP contribution in [-0.2, 0) is 6.54 Å². The number of carboxylic acid groups (broad SMARTS) is 1. The SMILES string of the molecule is C[C@H](Nc1nccc2c1N(Cc1cccc(F)c1)CCO2)c1ccc(C(=O)O)cc1. The van der Waals surface area contributed by atoms with Crippen LogP contribution in [0.15, 0.2) is 60.8 Å². The van der Waals surface area contributed by atoms with Crippen LogP contribution in [0.25, 0.3) is 0 Å². The number of nitrogens with zero attached hydrogens (tertiary/aromatic N) is 2. The zero-order chi connectivity index (χ0) is 21.1. The average Bonchev–Trinajstić information content (AvgIpc) is 2.74. The van der Waals surface area contributed by atoms with Gasteiger partial charge in [0.15, 0.2) is 5.82 Å². The van der Waals surface area contributed by atoms with Gasteiger partial charge in [-0.15, -0.1) is 0 Å². The molecule has 0 radical (unpaired) electrons. The lowest BCUT2D eigenvalue weighted by atomic mass is 10.1. The van der Waals surface area contributed by atoms with Gasteiger partial charge in [0.25, 0.3) is 0 Å². The van der Waals surface area contributed by atoms with Crippen molar-refractivity contribution in [2.45, 2.75) is 19.5 Å². The quantitative estimate of drug-likeness (QED) is 0.627. The Kier molecular flexibility index (Phi) is 5.52. The number of hydrogen-bond donors (Lipinski definition) is 2. The molecule has 2 N–H and O–H groups in total. The predicted molar refractivity (Wildman–Crippen MR) is 113 cm³/mol. The molecule has 0 bridgehead atoms. The summed E-state index contributed by atoms with van der Waals surface area (Å²) < 4.78 is 19.5. The van der Waals surface area contributed by atoms with Crippen molar-refractivity contribution in [2.24, 2.45) is 0 Å². The molecule has 2 heterocycles. The van der Waals surface area contributed by atoms with Crippen LogP contribution in [0.2, 0.25) is 0 Å². The van der Waals surface area contributed by atoms with Gasteiger partial charge in [-0.25, -0.2) is 14.2 Å². The van der Waals surface area contributed by atoms with Gasteiger partial charge < -0.3 is 20.1 Å². The first-order valence-electron chi connectivity index (χ1n) is 9.72. The lowest BCUT2D eigenvalue weighted by Crippen LogP contribution is -2.33. The Balaban J connectivity index is 1.59. The summed E-state index contributed by atoms with van der Waals surface area (Å²) in [6.45, 7) is 3.72. The van der Waals surface area contributed by atoms with Crippen LogP contribution < -0.4 is 15.0 Å². The Bertz CT molecular complexity index is 1060. The van der Waals surface area contributed by atoms with E-state index >= 15 is 0 Å². The van der Waals surface area contributed by atoms with Crippen molar-refractivity contribution in [1.29, 1.82) is 0 Å². The molecule has 0 fully saturated rings. The number of fused-ring (bicyclic) bond motifs is 1. The van der Waals surface area contributed by atoms with Crippen molar-refractivity contribution >= 4 is 17.5 Å². The van der Waals surface area contributed by atoms with Crippen molar-refractivity contribution in [3.05, 3.63) is 83.3 Å². The number of hydrogen-bond acceptors (Lipinski definition) is 5. The van der Waals surface area contributed by atoms with E-state index in [0.29, 0.717) is 25.5 Å². The third kappa shape index (κ3) is 4.20. The molecule has 154 valence electrons. The summed E-state index contributed by atoms with van der Waals surface area (Å²) in [6.07, 6.45) is 1.69. The maximum Gasteiger partial charge on any atom is 0.335 e. The van der Waals surface area contributed by atoms with E-state index in [0.717, 1.165) is 22.6 Å². The van der Waals surface area contributed by atoms with E-state index < -0.39 is 5.97 Å². The molecule has 1 atom stereocenters. The van der Waals surface area contributed by atoms with Gasteiger partial charge in [-0.1, -0.05) is 24.3 Å². The molecule has 1 aliphatic rings. The van der Waals surface area contributed by atoms with Crippen molar-refractivity contribution in [2.75, 3.05) is 23.4 Å². The Morgan fingerprint density at radius 3 is 2.80 bits per heavy atom. The normalized spacial score (nSPS) is 13.9. The second-order valence-corrected chi connectivity index (χ2v) is 7.20. The van der Waals surface area contributed by atoms with Crippen LogP contribution in [0.5, 0.6) is 5.75 Å². The van der Waals surface area contributed by atoms with E-state index in [4.69, 9.17) is 9.84 Å². The van der Waals surface area contributed by atoms with Gasteiger partial charge in [-0.2, -0.15) is 0 Å². The Labute approximate surface area is 173 Å². The van der Waals surface area contributed by atoms with Crippen molar-refractivity contribution in [3.63, 3.8) is 0 Å². The third-order valence-corrected chi connectivity index (χ3v) is 5.10. The summed E-state index contributed by atoms with van der Waals surface area (Å²) in [5, 5.41) is 12.5. The van der Waals surface area contributed by atoms with Crippen LogP contribution in [0.4, 0.5) is 15.9 Å². The van der Waals surface area contributed by atoms with E-state index in [9.17, 15) is 9.18 Å². The summed E-state index contributed by atoms with van der Waals surface area (Å²) in [4.78, 5) is 17.7. The van der Waals surface area contributed by atoms with Crippen LogP contribution in [-0.4, -0.2) is 29.2 Å². The Morgan fingerprint density at radius 2 is 2.07 bits per heavy atom. The number of benzene rings is 2. The van der Waals surface area contributed by atoms with Gasteiger partial charge >= 0.3 is 5.97 Å². The minimum Gasteiger partial charge on any atom is -0.489 e. The summed E-state index contributed by atoms with van der Waals surface area (Å²) in [5.74, 6) is 0.178. The first-order valence-corrected chi connectivity index (χ1v) is 9.72. The average molecular weight is 407 g/mol. The maximum absolute atomic E-state index is 13.6. The fourth-order valence-electron chi connectivity index (χ4n) is 3.56. The standard InChI is InChI=1S/C23H22FN3O3/c1-15(17-5-7-18(8-6-17)23(28)29)26-22-21-20(9-10-25-22)30-12-11-27(21)14-16-3-2-4-19(24)13-16/h2-10,13,15H,11-12,14H2,1H3,(H,25,26)(H,28,29)/t15-/m0/s1. The highest BCUT2D eigenvalue weighted by atomic mass is 19.1. The molecule has 7 heteroatoms. The van der Waals surface area contributed by atoms with Gasteiger partial charge in [0.05, 0.1) is 18.2 Å². The summed E-state index contributed by atoms with van der Waals surface area (Å²) in [7, 11) is 0. The number of carboxylic acids is 1. The molecule has 0 saturated heterocycles. The van der Waals surface area contributed by atoms with E-state index in [1.807, 2.05) is 19.1 Å². The summed E-state index contributed by atoms with van der Waals surface area (Å²) in [5.41, 5.74) is 2.89. The van der Waals surface area contributed by atoms with Gasteiger partial charge in [-0.3, -0.25) is 0 Å². The molecule has 30 heavy (non-hydrogen) atoms. The first kappa shape index (κ1) is 19.7. The zero-order valence-corrected chi connectivity index (χ0v) is 16.5. The van der Waals surface area contributed by atoms with Crippen LogP contribution in [0.3, 0.4) is 0 Å². The van der Waals surface area contributed by atoms with Gasteiger partial charge in [-0.05, 0) is 42.3 Å². The minimum absolute atomic E-state index is 0.107. The van der Waals surface area contributed by atoms with Gasteiger partial charge in [0, 0.05) is 18.8 Å². The molecular formula is C23H22FN3O3. The smallest absolute Gasteiger partial charge is 0.335 e. The van der Waals surface area contributed by atoms with Crippen LogP contribution >= 0.6 is 0 Å². The molecule has 2 aromatic carbocycles. The monoisotopic (exact) mass is 407 g/mol. The molecule has 3 aromatic rings. The molecule has 0 aliphatic carbocycles. The maximum atomic E-state index is 13.6. The number of ether oxygens (including phenoxy) is 1. The van der Waals surface area contributed by atoms with E-state index in [1.54, 1.807) is 36.5 Å². The fourth-order valence-corrected chi connectivity index (χ4v) is 3.56. The molecule has 0 amide bonds. The third-order valence-electron chi connectivity index (χ3n) is 5.10. The highest BCUT2D eigenvalue weighted by Crippen LogP contribution is 2.39. The fraction of sp³-hybridized carbons (Fsp3) is 0.217. The number of pyridine rings is 1. The van der Waals surface area contributed by atoms with Gasteiger partial charge in [0.2, 0.25) is 0 Å². The predicted octanol–water partition coefficient (Wildman–Crippen LogP) is 4.49. The van der Waals surface area contributed by atoms with E-state index in [2.05, 4.69) is 15.2 Å². The van der Waals surface area contributed by atoms with E-state index in [1.165, 1.54) is 12.1 Å². The second kappa shape index (κ2) is 8.41. The second-order valence-electron chi connectivity index (χ2n) is 7.20. The Hall–Kier alpha value is -3.61. The molecule has 0 saturated carbocycles.